The van der Waals surface area contributed by atoms with Gasteiger partial charge in [-0.3, -0.25) is 0 Å². The van der Waals surface area contributed by atoms with Gasteiger partial charge in [0.25, 0.3) is 0 Å². The Balaban J connectivity index is 2.13. The van der Waals surface area contributed by atoms with Gasteiger partial charge >= 0.3 is 0 Å². The van der Waals surface area contributed by atoms with Crippen molar-refractivity contribution < 1.29 is 0 Å². The molecular formula is C12H19ClN4. The van der Waals surface area contributed by atoms with Crippen molar-refractivity contribution in [1.29, 1.82) is 0 Å². The summed E-state index contributed by atoms with van der Waals surface area (Å²) in [5, 5.41) is 2.80. The average molecular weight is 255 g/mol. The Hall–Kier alpha value is -1.00. The Morgan fingerprint density at radius 2 is 2.06 bits per heavy atom. The van der Waals surface area contributed by atoms with Gasteiger partial charge in [0.15, 0.2) is 5.82 Å². The number of hydrazine groups is 1. The third kappa shape index (κ3) is 2.82. The highest BCUT2D eigenvalue weighted by molar-refractivity contribution is 6.30. The van der Waals surface area contributed by atoms with Crippen molar-refractivity contribution in [2.75, 3.05) is 11.2 Å². The van der Waals surface area contributed by atoms with Gasteiger partial charge in [-0.15, -0.1) is 0 Å². The van der Waals surface area contributed by atoms with E-state index >= 15 is 0 Å². The molecule has 0 saturated carbocycles. The topological polar surface area (TPSA) is 54.2 Å². The summed E-state index contributed by atoms with van der Waals surface area (Å²) in [5.74, 6) is 0.690. The van der Waals surface area contributed by atoms with E-state index in [0.29, 0.717) is 28.6 Å². The SMILES string of the molecule is CC1CCCC(C)N1Nc1ncc(Cl)cc1N. The minimum absolute atomic E-state index is 0.496. The second kappa shape index (κ2) is 5.10. The van der Waals surface area contributed by atoms with Crippen LogP contribution < -0.4 is 11.2 Å². The van der Waals surface area contributed by atoms with E-state index < -0.39 is 0 Å². The van der Waals surface area contributed by atoms with Crippen LogP contribution in [0.1, 0.15) is 33.1 Å². The molecule has 2 unspecified atom stereocenters. The first kappa shape index (κ1) is 12.5. The fourth-order valence-corrected chi connectivity index (χ4v) is 2.48. The largest absolute Gasteiger partial charge is 0.396 e. The summed E-state index contributed by atoms with van der Waals surface area (Å²) in [6.07, 6.45) is 5.29. The molecule has 17 heavy (non-hydrogen) atoms. The lowest BCUT2D eigenvalue weighted by atomic mass is 10.00. The zero-order chi connectivity index (χ0) is 12.4. The summed E-state index contributed by atoms with van der Waals surface area (Å²) < 4.78 is 0. The van der Waals surface area contributed by atoms with Crippen molar-refractivity contribution in [2.45, 2.75) is 45.2 Å². The number of anilines is 2. The number of nitrogen functional groups attached to an aromatic ring is 1. The van der Waals surface area contributed by atoms with Crippen LogP contribution in [0.2, 0.25) is 5.02 Å². The van der Waals surface area contributed by atoms with Crippen LogP contribution in [0.4, 0.5) is 11.5 Å². The van der Waals surface area contributed by atoms with Gasteiger partial charge in [0.1, 0.15) is 0 Å². The molecule has 0 amide bonds. The van der Waals surface area contributed by atoms with Crippen molar-refractivity contribution in [2.24, 2.45) is 0 Å². The molecule has 94 valence electrons. The first-order chi connectivity index (χ1) is 8.08. The van der Waals surface area contributed by atoms with Crippen LogP contribution in [0.25, 0.3) is 0 Å². The molecular weight excluding hydrogens is 236 g/mol. The van der Waals surface area contributed by atoms with E-state index in [1.807, 2.05) is 0 Å². The molecule has 2 heterocycles. The van der Waals surface area contributed by atoms with E-state index in [9.17, 15) is 0 Å². The first-order valence-electron chi connectivity index (χ1n) is 6.04. The standard InChI is InChI=1S/C12H19ClN4/c1-8-4-3-5-9(2)17(8)16-12-11(14)6-10(13)7-15-12/h6-9H,3-5,14H2,1-2H3,(H,15,16). The minimum Gasteiger partial charge on any atom is -0.396 e. The number of hydrogen-bond acceptors (Lipinski definition) is 4. The molecule has 0 aromatic carbocycles. The van der Waals surface area contributed by atoms with E-state index in [-0.39, 0.29) is 0 Å². The molecule has 1 fully saturated rings. The van der Waals surface area contributed by atoms with E-state index in [4.69, 9.17) is 17.3 Å². The van der Waals surface area contributed by atoms with Crippen LogP contribution >= 0.6 is 11.6 Å². The molecule has 0 bridgehead atoms. The third-order valence-electron chi connectivity index (χ3n) is 3.31. The maximum atomic E-state index is 5.89. The summed E-state index contributed by atoms with van der Waals surface area (Å²) in [6.45, 7) is 4.43. The average Bonchev–Trinajstić information content (AvgIpc) is 2.26. The highest BCUT2D eigenvalue weighted by Crippen LogP contribution is 2.26. The number of nitrogens with two attached hydrogens (primary N) is 1. The first-order valence-corrected chi connectivity index (χ1v) is 6.41. The molecule has 4 nitrogen and oxygen atoms in total. The van der Waals surface area contributed by atoms with Gasteiger partial charge in [0.2, 0.25) is 0 Å². The van der Waals surface area contributed by atoms with Crippen molar-refractivity contribution in [1.82, 2.24) is 9.99 Å². The summed E-state index contributed by atoms with van der Waals surface area (Å²) in [6, 6.07) is 2.71. The molecule has 2 atom stereocenters. The summed E-state index contributed by atoms with van der Waals surface area (Å²) in [4.78, 5) is 4.23. The predicted molar refractivity (Wildman–Crippen MR) is 71.9 cm³/mol. The Labute approximate surface area is 107 Å². The quantitative estimate of drug-likeness (QED) is 0.852. The number of pyridine rings is 1. The summed E-state index contributed by atoms with van der Waals surface area (Å²) in [5.41, 5.74) is 9.79. The van der Waals surface area contributed by atoms with Crippen LogP contribution in [0.3, 0.4) is 0 Å². The van der Waals surface area contributed by atoms with Crippen LogP contribution in [0.15, 0.2) is 12.3 Å². The number of piperidine rings is 1. The molecule has 1 saturated heterocycles. The lowest BCUT2D eigenvalue weighted by molar-refractivity contribution is 0.135. The van der Waals surface area contributed by atoms with Gasteiger partial charge in [0, 0.05) is 18.3 Å². The Bertz CT molecular complexity index is 386. The fourth-order valence-electron chi connectivity index (χ4n) is 2.31. The second-order valence-corrected chi connectivity index (χ2v) is 5.18. The van der Waals surface area contributed by atoms with Crippen molar-refractivity contribution in [3.63, 3.8) is 0 Å². The van der Waals surface area contributed by atoms with E-state index in [2.05, 4.69) is 29.3 Å². The number of nitrogens with zero attached hydrogens (tertiary/aromatic N) is 2. The Morgan fingerprint density at radius 1 is 1.41 bits per heavy atom. The maximum Gasteiger partial charge on any atom is 0.163 e. The predicted octanol–water partition coefficient (Wildman–Crippen LogP) is 2.91. The normalized spacial score (nSPS) is 25.8. The van der Waals surface area contributed by atoms with E-state index in [1.165, 1.54) is 19.3 Å². The number of aromatic nitrogens is 1. The van der Waals surface area contributed by atoms with Gasteiger partial charge in [-0.2, -0.15) is 0 Å². The molecule has 0 spiro atoms. The van der Waals surface area contributed by atoms with Crippen molar-refractivity contribution in [3.8, 4) is 0 Å². The molecule has 5 heteroatoms. The van der Waals surface area contributed by atoms with E-state index in [1.54, 1.807) is 12.3 Å². The summed E-state index contributed by atoms with van der Waals surface area (Å²) >= 11 is 5.83. The molecule has 1 aliphatic rings. The zero-order valence-electron chi connectivity index (χ0n) is 10.3. The number of hydrogen-bond donors (Lipinski definition) is 2. The fraction of sp³-hybridized carbons (Fsp3) is 0.583. The zero-order valence-corrected chi connectivity index (χ0v) is 11.0. The van der Waals surface area contributed by atoms with Gasteiger partial charge < -0.3 is 11.2 Å². The van der Waals surface area contributed by atoms with Crippen LogP contribution in [0.5, 0.6) is 0 Å². The maximum absolute atomic E-state index is 5.89. The lowest BCUT2D eigenvalue weighted by Gasteiger charge is -2.39. The number of rotatable bonds is 2. The highest BCUT2D eigenvalue weighted by Gasteiger charge is 2.25. The molecule has 3 N–H and O–H groups in total. The van der Waals surface area contributed by atoms with Crippen LogP contribution in [-0.4, -0.2) is 22.1 Å². The Kier molecular flexibility index (Phi) is 3.74. The molecule has 2 rings (SSSR count). The smallest absolute Gasteiger partial charge is 0.163 e. The summed E-state index contributed by atoms with van der Waals surface area (Å²) in [7, 11) is 0. The third-order valence-corrected chi connectivity index (χ3v) is 3.52. The molecule has 1 aromatic heterocycles. The van der Waals surface area contributed by atoms with Crippen molar-refractivity contribution >= 4 is 23.1 Å². The number of nitrogens with one attached hydrogen (secondary N) is 1. The van der Waals surface area contributed by atoms with Gasteiger partial charge in [-0.1, -0.05) is 18.0 Å². The molecule has 1 aromatic rings. The second-order valence-electron chi connectivity index (χ2n) is 4.74. The van der Waals surface area contributed by atoms with E-state index in [0.717, 1.165) is 0 Å². The lowest BCUT2D eigenvalue weighted by Crippen LogP contribution is -2.47. The van der Waals surface area contributed by atoms with Crippen molar-refractivity contribution in [3.05, 3.63) is 17.3 Å². The molecule has 0 radical (unpaired) electrons. The minimum atomic E-state index is 0.496. The van der Waals surface area contributed by atoms with Gasteiger partial charge in [0.05, 0.1) is 10.7 Å². The van der Waals surface area contributed by atoms with Gasteiger partial charge in [-0.25, -0.2) is 9.99 Å². The highest BCUT2D eigenvalue weighted by atomic mass is 35.5. The van der Waals surface area contributed by atoms with Crippen LogP contribution in [-0.2, 0) is 0 Å². The molecule has 1 aliphatic heterocycles. The molecule has 0 aliphatic carbocycles. The van der Waals surface area contributed by atoms with Crippen LogP contribution in [0, 0.1) is 0 Å². The van der Waals surface area contributed by atoms with Gasteiger partial charge in [-0.05, 0) is 32.8 Å². The monoisotopic (exact) mass is 254 g/mol. The number of halogens is 1. The Morgan fingerprint density at radius 3 is 2.65 bits per heavy atom.